The Balaban J connectivity index is 1.63. The average molecular weight is 411 g/mol. The molecule has 0 saturated carbocycles. The SMILES string of the molecule is O=[N+]([O-])c1ccc(N=Cc2ccc(OCc3ccccc3)cc2)c(Br)c1. The Morgan fingerprint density at radius 3 is 2.42 bits per heavy atom. The summed E-state index contributed by atoms with van der Waals surface area (Å²) in [5.41, 5.74) is 2.67. The van der Waals surface area contributed by atoms with E-state index in [0.29, 0.717) is 16.8 Å². The van der Waals surface area contributed by atoms with Gasteiger partial charge in [0.2, 0.25) is 0 Å². The fraction of sp³-hybridized carbons (Fsp3) is 0.0500. The van der Waals surface area contributed by atoms with Gasteiger partial charge >= 0.3 is 0 Å². The van der Waals surface area contributed by atoms with Gasteiger partial charge in [-0.1, -0.05) is 30.3 Å². The fourth-order valence-electron chi connectivity index (χ4n) is 2.25. The van der Waals surface area contributed by atoms with Crippen molar-refractivity contribution in [3.05, 3.63) is 98.5 Å². The Bertz CT molecular complexity index is 926. The lowest BCUT2D eigenvalue weighted by Gasteiger charge is -2.06. The quantitative estimate of drug-likeness (QED) is 0.298. The number of hydrogen-bond acceptors (Lipinski definition) is 4. The molecule has 0 unspecified atom stereocenters. The molecule has 0 saturated heterocycles. The van der Waals surface area contributed by atoms with E-state index in [1.54, 1.807) is 12.3 Å². The summed E-state index contributed by atoms with van der Waals surface area (Å²) in [6.07, 6.45) is 1.70. The number of hydrogen-bond donors (Lipinski definition) is 0. The predicted molar refractivity (Wildman–Crippen MR) is 105 cm³/mol. The van der Waals surface area contributed by atoms with Crippen molar-refractivity contribution >= 4 is 33.5 Å². The highest BCUT2D eigenvalue weighted by Gasteiger charge is 2.08. The largest absolute Gasteiger partial charge is 0.489 e. The number of halogens is 1. The molecule has 0 aromatic heterocycles. The third-order valence-corrected chi connectivity index (χ3v) is 4.26. The minimum absolute atomic E-state index is 0.0238. The molecule has 3 aromatic rings. The number of nitrogens with zero attached hydrogens (tertiary/aromatic N) is 2. The lowest BCUT2D eigenvalue weighted by molar-refractivity contribution is -0.384. The number of ether oxygens (including phenoxy) is 1. The van der Waals surface area contributed by atoms with Crippen LogP contribution in [0.2, 0.25) is 0 Å². The molecular formula is C20H15BrN2O3. The Hall–Kier alpha value is -2.99. The molecule has 0 amide bonds. The van der Waals surface area contributed by atoms with Crippen LogP contribution in [0.25, 0.3) is 0 Å². The third-order valence-electron chi connectivity index (χ3n) is 3.62. The van der Waals surface area contributed by atoms with E-state index in [4.69, 9.17) is 4.74 Å². The molecule has 0 bridgehead atoms. The molecule has 130 valence electrons. The van der Waals surface area contributed by atoms with Crippen LogP contribution >= 0.6 is 15.9 Å². The van der Waals surface area contributed by atoms with Crippen LogP contribution < -0.4 is 4.74 Å². The first-order valence-electron chi connectivity index (χ1n) is 7.86. The zero-order valence-corrected chi connectivity index (χ0v) is 15.3. The summed E-state index contributed by atoms with van der Waals surface area (Å²) in [6, 6.07) is 22.0. The van der Waals surface area contributed by atoms with E-state index in [-0.39, 0.29) is 5.69 Å². The molecule has 0 aliphatic rings. The Kier molecular flexibility index (Phi) is 5.76. The molecule has 0 N–H and O–H groups in total. The van der Waals surface area contributed by atoms with E-state index >= 15 is 0 Å². The van der Waals surface area contributed by atoms with E-state index in [9.17, 15) is 10.1 Å². The molecule has 3 aromatic carbocycles. The van der Waals surface area contributed by atoms with Crippen LogP contribution in [0.5, 0.6) is 5.75 Å². The van der Waals surface area contributed by atoms with Crippen LogP contribution in [0.3, 0.4) is 0 Å². The molecule has 3 rings (SSSR count). The number of nitro benzene ring substituents is 1. The van der Waals surface area contributed by atoms with Crippen LogP contribution in [0, 0.1) is 10.1 Å². The van der Waals surface area contributed by atoms with Gasteiger partial charge in [-0.2, -0.15) is 0 Å². The van der Waals surface area contributed by atoms with Gasteiger partial charge in [0.1, 0.15) is 12.4 Å². The van der Waals surface area contributed by atoms with Gasteiger partial charge in [0.05, 0.1) is 10.6 Å². The highest BCUT2D eigenvalue weighted by Crippen LogP contribution is 2.29. The summed E-state index contributed by atoms with van der Waals surface area (Å²) in [4.78, 5) is 14.7. The van der Waals surface area contributed by atoms with E-state index in [0.717, 1.165) is 16.9 Å². The van der Waals surface area contributed by atoms with Crippen LogP contribution in [0.1, 0.15) is 11.1 Å². The van der Waals surface area contributed by atoms with Crippen LogP contribution in [0.4, 0.5) is 11.4 Å². The monoisotopic (exact) mass is 410 g/mol. The Morgan fingerprint density at radius 1 is 1.04 bits per heavy atom. The molecule has 0 heterocycles. The highest BCUT2D eigenvalue weighted by atomic mass is 79.9. The maximum absolute atomic E-state index is 10.8. The topological polar surface area (TPSA) is 64.7 Å². The second-order valence-corrected chi connectivity index (χ2v) is 6.35. The van der Waals surface area contributed by atoms with Crippen molar-refractivity contribution in [2.75, 3.05) is 0 Å². The zero-order chi connectivity index (χ0) is 18.4. The van der Waals surface area contributed by atoms with Crippen molar-refractivity contribution in [3.8, 4) is 5.75 Å². The van der Waals surface area contributed by atoms with Gasteiger partial charge in [0.15, 0.2) is 0 Å². The minimum Gasteiger partial charge on any atom is -0.489 e. The highest BCUT2D eigenvalue weighted by molar-refractivity contribution is 9.10. The van der Waals surface area contributed by atoms with Crippen LogP contribution in [-0.4, -0.2) is 11.1 Å². The summed E-state index contributed by atoms with van der Waals surface area (Å²) in [5.74, 6) is 0.780. The minimum atomic E-state index is -0.438. The second-order valence-electron chi connectivity index (χ2n) is 5.49. The summed E-state index contributed by atoms with van der Waals surface area (Å²) in [7, 11) is 0. The standard InChI is InChI=1S/C20H15BrN2O3/c21-19-12-17(23(24)25)8-11-20(19)22-13-15-6-9-18(10-7-15)26-14-16-4-2-1-3-5-16/h1-13H,14H2. The molecule has 26 heavy (non-hydrogen) atoms. The van der Waals surface area contributed by atoms with E-state index < -0.39 is 4.92 Å². The first kappa shape index (κ1) is 17.8. The summed E-state index contributed by atoms with van der Waals surface area (Å²) < 4.78 is 6.32. The van der Waals surface area contributed by atoms with E-state index in [1.165, 1.54) is 12.1 Å². The Morgan fingerprint density at radius 2 is 1.77 bits per heavy atom. The number of benzene rings is 3. The number of aliphatic imine (C=N–C) groups is 1. The van der Waals surface area contributed by atoms with Gasteiger partial charge in [0, 0.05) is 22.8 Å². The summed E-state index contributed by atoms with van der Waals surface area (Å²) >= 11 is 3.31. The van der Waals surface area contributed by atoms with Gasteiger partial charge in [0.25, 0.3) is 5.69 Å². The van der Waals surface area contributed by atoms with Gasteiger partial charge in [-0.05, 0) is 57.4 Å². The van der Waals surface area contributed by atoms with Crippen molar-refractivity contribution < 1.29 is 9.66 Å². The number of rotatable bonds is 6. The lowest BCUT2D eigenvalue weighted by Crippen LogP contribution is -1.95. The van der Waals surface area contributed by atoms with Crippen LogP contribution in [0.15, 0.2) is 82.3 Å². The fourth-order valence-corrected chi connectivity index (χ4v) is 2.72. The van der Waals surface area contributed by atoms with Gasteiger partial charge in [-0.3, -0.25) is 15.1 Å². The first-order chi connectivity index (χ1) is 12.6. The van der Waals surface area contributed by atoms with Gasteiger partial charge in [-0.25, -0.2) is 0 Å². The predicted octanol–water partition coefficient (Wildman–Crippen LogP) is 5.69. The van der Waals surface area contributed by atoms with Crippen molar-refractivity contribution in [3.63, 3.8) is 0 Å². The number of nitro groups is 1. The molecule has 0 spiro atoms. The van der Waals surface area contributed by atoms with Gasteiger partial charge in [-0.15, -0.1) is 0 Å². The first-order valence-corrected chi connectivity index (χ1v) is 8.66. The van der Waals surface area contributed by atoms with Crippen LogP contribution in [-0.2, 0) is 6.61 Å². The van der Waals surface area contributed by atoms with Crippen molar-refractivity contribution in [1.82, 2.24) is 0 Å². The maximum atomic E-state index is 10.8. The summed E-state index contributed by atoms with van der Waals surface area (Å²) in [6.45, 7) is 0.518. The van der Waals surface area contributed by atoms with E-state index in [2.05, 4.69) is 20.9 Å². The van der Waals surface area contributed by atoms with Crippen molar-refractivity contribution in [2.45, 2.75) is 6.61 Å². The molecule has 0 fully saturated rings. The smallest absolute Gasteiger partial charge is 0.270 e. The third kappa shape index (κ3) is 4.77. The Labute approximate surface area is 159 Å². The molecule has 0 radical (unpaired) electrons. The average Bonchev–Trinajstić information content (AvgIpc) is 2.67. The van der Waals surface area contributed by atoms with Crippen molar-refractivity contribution in [2.24, 2.45) is 4.99 Å². The summed E-state index contributed by atoms with van der Waals surface area (Å²) in [5, 5.41) is 10.8. The zero-order valence-electron chi connectivity index (χ0n) is 13.7. The lowest BCUT2D eigenvalue weighted by atomic mass is 10.2. The second kappa shape index (κ2) is 8.40. The normalized spacial score (nSPS) is 10.8. The molecule has 5 nitrogen and oxygen atoms in total. The number of non-ortho nitro benzene ring substituents is 1. The van der Waals surface area contributed by atoms with Gasteiger partial charge < -0.3 is 4.74 Å². The molecule has 0 atom stereocenters. The maximum Gasteiger partial charge on any atom is 0.270 e. The van der Waals surface area contributed by atoms with E-state index in [1.807, 2.05) is 54.6 Å². The molecule has 0 aliphatic carbocycles. The van der Waals surface area contributed by atoms with Crippen molar-refractivity contribution in [1.29, 1.82) is 0 Å². The molecular weight excluding hydrogens is 396 g/mol. The molecule has 6 heteroatoms. The molecule has 0 aliphatic heterocycles.